The van der Waals surface area contributed by atoms with E-state index in [1.165, 1.54) is 18.4 Å². The molecule has 0 radical (unpaired) electrons. The van der Waals surface area contributed by atoms with Gasteiger partial charge in [0.1, 0.15) is 0 Å². The minimum atomic E-state index is 0.0269. The fourth-order valence-corrected chi connectivity index (χ4v) is 3.65. The van der Waals surface area contributed by atoms with Crippen molar-refractivity contribution in [1.82, 2.24) is 5.32 Å². The van der Waals surface area contributed by atoms with Crippen LogP contribution in [-0.2, 0) is 4.74 Å². The van der Waals surface area contributed by atoms with Crippen molar-refractivity contribution in [3.63, 3.8) is 0 Å². The van der Waals surface area contributed by atoms with Gasteiger partial charge in [-0.1, -0.05) is 24.3 Å². The summed E-state index contributed by atoms with van der Waals surface area (Å²) in [6, 6.07) is 9.60. The lowest BCUT2D eigenvalue weighted by Crippen LogP contribution is -2.33. The van der Waals surface area contributed by atoms with Crippen molar-refractivity contribution in [1.29, 1.82) is 0 Å². The number of benzene rings is 1. The van der Waals surface area contributed by atoms with E-state index in [9.17, 15) is 0 Å². The second-order valence-electron chi connectivity index (χ2n) is 6.58. The van der Waals surface area contributed by atoms with E-state index in [0.717, 1.165) is 26.0 Å². The molecule has 2 nitrogen and oxygen atoms in total. The third-order valence-electron chi connectivity index (χ3n) is 4.57. The quantitative estimate of drug-likeness (QED) is 0.872. The highest BCUT2D eigenvalue weighted by Gasteiger charge is 2.31. The summed E-state index contributed by atoms with van der Waals surface area (Å²) in [5, 5.41) is 3.64. The molecule has 2 saturated heterocycles. The Morgan fingerprint density at radius 1 is 1.16 bits per heavy atom. The molecule has 3 rings (SSSR count). The molecule has 0 saturated carbocycles. The predicted octanol–water partition coefficient (Wildman–Crippen LogP) is 3.78. The molecule has 1 N–H and O–H groups in total. The smallest absolute Gasteiger partial charge is 0.0632 e. The summed E-state index contributed by atoms with van der Waals surface area (Å²) in [5.74, 6) is 0.655. The third-order valence-corrected chi connectivity index (χ3v) is 4.57. The summed E-state index contributed by atoms with van der Waals surface area (Å²) in [4.78, 5) is 0. The highest BCUT2D eigenvalue weighted by molar-refractivity contribution is 5.34. The molecule has 0 aromatic heterocycles. The Bertz CT molecular complexity index is 435. The fraction of sp³-hybridized carbons (Fsp3) is 0.647. The summed E-state index contributed by atoms with van der Waals surface area (Å²) in [7, 11) is 0. The molecule has 1 aromatic rings. The Morgan fingerprint density at radius 2 is 1.95 bits per heavy atom. The van der Waals surface area contributed by atoms with Crippen molar-refractivity contribution >= 4 is 0 Å². The lowest BCUT2D eigenvalue weighted by Gasteiger charge is -2.37. The number of hydrogen-bond donors (Lipinski definition) is 1. The first-order chi connectivity index (χ1) is 9.16. The monoisotopic (exact) mass is 259 g/mol. The van der Waals surface area contributed by atoms with Crippen molar-refractivity contribution in [2.45, 2.75) is 57.1 Å². The van der Waals surface area contributed by atoms with Gasteiger partial charge in [-0.05, 0) is 63.1 Å². The molecule has 2 heteroatoms. The van der Waals surface area contributed by atoms with Crippen LogP contribution in [0.3, 0.4) is 0 Å². The highest BCUT2D eigenvalue weighted by Crippen LogP contribution is 2.39. The SMILES string of the molecule is CC1(C)C[C@@H](c2ccccc2[C@@H]2CCCN2)CCO1. The Morgan fingerprint density at radius 3 is 2.63 bits per heavy atom. The molecule has 0 unspecified atom stereocenters. The maximum atomic E-state index is 5.87. The van der Waals surface area contributed by atoms with Crippen molar-refractivity contribution in [2.24, 2.45) is 0 Å². The Hall–Kier alpha value is -0.860. The molecular formula is C17H25NO. The largest absolute Gasteiger partial charge is 0.376 e. The number of ether oxygens (including phenoxy) is 1. The van der Waals surface area contributed by atoms with Crippen molar-refractivity contribution in [3.8, 4) is 0 Å². The topological polar surface area (TPSA) is 21.3 Å². The van der Waals surface area contributed by atoms with E-state index in [-0.39, 0.29) is 5.60 Å². The average molecular weight is 259 g/mol. The van der Waals surface area contributed by atoms with Crippen LogP contribution >= 0.6 is 0 Å². The minimum absolute atomic E-state index is 0.0269. The van der Waals surface area contributed by atoms with Gasteiger partial charge < -0.3 is 10.1 Å². The zero-order chi connectivity index (χ0) is 13.3. The van der Waals surface area contributed by atoms with Crippen molar-refractivity contribution < 1.29 is 4.74 Å². The molecule has 2 aliphatic heterocycles. The maximum absolute atomic E-state index is 5.87. The Balaban J connectivity index is 1.87. The molecule has 0 bridgehead atoms. The van der Waals surface area contributed by atoms with E-state index < -0.39 is 0 Å². The molecule has 0 aliphatic carbocycles. The normalized spacial score (nSPS) is 30.4. The summed E-state index contributed by atoms with van der Waals surface area (Å²) in [6.07, 6.45) is 4.88. The first-order valence-corrected chi connectivity index (χ1v) is 7.62. The molecular weight excluding hydrogens is 234 g/mol. The summed E-state index contributed by atoms with van der Waals surface area (Å²) >= 11 is 0. The predicted molar refractivity (Wildman–Crippen MR) is 78.4 cm³/mol. The van der Waals surface area contributed by atoms with Gasteiger partial charge in [-0.15, -0.1) is 0 Å². The van der Waals surface area contributed by atoms with E-state index in [1.54, 1.807) is 5.56 Å². The number of hydrogen-bond acceptors (Lipinski definition) is 2. The molecule has 0 amide bonds. The minimum Gasteiger partial charge on any atom is -0.376 e. The van der Waals surface area contributed by atoms with Gasteiger partial charge in [0.2, 0.25) is 0 Å². The number of rotatable bonds is 2. The van der Waals surface area contributed by atoms with Crippen LogP contribution in [-0.4, -0.2) is 18.8 Å². The van der Waals surface area contributed by atoms with Crippen LogP contribution in [0.2, 0.25) is 0 Å². The van der Waals surface area contributed by atoms with Gasteiger partial charge in [0.25, 0.3) is 0 Å². The molecule has 0 spiro atoms. The lowest BCUT2D eigenvalue weighted by molar-refractivity contribution is -0.0594. The molecule has 19 heavy (non-hydrogen) atoms. The average Bonchev–Trinajstić information content (AvgIpc) is 2.91. The van der Waals surface area contributed by atoms with E-state index in [0.29, 0.717) is 12.0 Å². The Labute approximate surface area is 116 Å². The maximum Gasteiger partial charge on any atom is 0.0632 e. The van der Waals surface area contributed by atoms with Gasteiger partial charge in [0, 0.05) is 12.6 Å². The van der Waals surface area contributed by atoms with Gasteiger partial charge in [0.05, 0.1) is 5.60 Å². The van der Waals surface area contributed by atoms with Crippen LogP contribution in [0.5, 0.6) is 0 Å². The summed E-state index contributed by atoms with van der Waals surface area (Å²) in [5.41, 5.74) is 3.11. The van der Waals surface area contributed by atoms with Crippen LogP contribution in [0.15, 0.2) is 24.3 Å². The van der Waals surface area contributed by atoms with Crippen LogP contribution < -0.4 is 5.32 Å². The zero-order valence-electron chi connectivity index (χ0n) is 12.1. The first-order valence-electron chi connectivity index (χ1n) is 7.62. The van der Waals surface area contributed by atoms with Gasteiger partial charge in [0.15, 0.2) is 0 Å². The van der Waals surface area contributed by atoms with Crippen LogP contribution in [0.25, 0.3) is 0 Å². The second kappa shape index (κ2) is 5.26. The second-order valence-corrected chi connectivity index (χ2v) is 6.58. The summed E-state index contributed by atoms with van der Waals surface area (Å²) in [6.45, 7) is 6.49. The third kappa shape index (κ3) is 2.85. The van der Waals surface area contributed by atoms with E-state index in [4.69, 9.17) is 4.74 Å². The molecule has 2 heterocycles. The van der Waals surface area contributed by atoms with Gasteiger partial charge in [-0.3, -0.25) is 0 Å². The standard InChI is InChI=1S/C17H25NO/c1-17(2)12-13(9-11-19-17)14-6-3-4-7-15(14)16-8-5-10-18-16/h3-4,6-7,13,16,18H,5,8-12H2,1-2H3/t13-,16-/m0/s1. The fourth-order valence-electron chi connectivity index (χ4n) is 3.65. The lowest BCUT2D eigenvalue weighted by atomic mass is 9.80. The van der Waals surface area contributed by atoms with E-state index in [1.807, 2.05) is 0 Å². The van der Waals surface area contributed by atoms with Gasteiger partial charge in [-0.2, -0.15) is 0 Å². The van der Waals surface area contributed by atoms with E-state index in [2.05, 4.69) is 43.4 Å². The van der Waals surface area contributed by atoms with E-state index >= 15 is 0 Å². The molecule has 2 atom stereocenters. The van der Waals surface area contributed by atoms with Crippen LogP contribution in [0.1, 0.15) is 62.6 Å². The van der Waals surface area contributed by atoms with Gasteiger partial charge >= 0.3 is 0 Å². The number of nitrogens with one attached hydrogen (secondary N) is 1. The van der Waals surface area contributed by atoms with Crippen LogP contribution in [0.4, 0.5) is 0 Å². The zero-order valence-corrected chi connectivity index (χ0v) is 12.1. The molecule has 2 fully saturated rings. The van der Waals surface area contributed by atoms with Crippen LogP contribution in [0, 0.1) is 0 Å². The molecule has 1 aromatic carbocycles. The van der Waals surface area contributed by atoms with Gasteiger partial charge in [-0.25, -0.2) is 0 Å². The first kappa shape index (κ1) is 13.1. The Kier molecular flexibility index (Phi) is 3.64. The van der Waals surface area contributed by atoms with Crippen molar-refractivity contribution in [3.05, 3.63) is 35.4 Å². The van der Waals surface area contributed by atoms with Crippen molar-refractivity contribution in [2.75, 3.05) is 13.2 Å². The summed E-state index contributed by atoms with van der Waals surface area (Å²) < 4.78 is 5.87. The highest BCUT2D eigenvalue weighted by atomic mass is 16.5. The molecule has 104 valence electrons. The molecule has 2 aliphatic rings.